The molecule has 1 N–H and O–H groups in total. The molecule has 1 aromatic rings. The minimum Gasteiger partial charge on any atom is -0.493 e. The van der Waals surface area contributed by atoms with Gasteiger partial charge in [0.25, 0.3) is 0 Å². The molecule has 0 saturated carbocycles. The van der Waals surface area contributed by atoms with Gasteiger partial charge in [0.15, 0.2) is 11.5 Å². The molecule has 0 saturated heterocycles. The molecular weight excluding hydrogens is 286 g/mol. The van der Waals surface area contributed by atoms with E-state index in [4.69, 9.17) is 9.47 Å². The number of rotatable bonds is 6. The van der Waals surface area contributed by atoms with Gasteiger partial charge in [-0.05, 0) is 37.6 Å². The largest absolute Gasteiger partial charge is 0.493 e. The Kier molecular flexibility index (Phi) is 6.88. The minimum atomic E-state index is -0.763. The van der Waals surface area contributed by atoms with Crippen LogP contribution in [0.1, 0.15) is 19.4 Å². The molecule has 0 aliphatic heterocycles. The van der Waals surface area contributed by atoms with Crippen LogP contribution >= 0.6 is 0 Å². The SMILES string of the molecule is CCN(CC)C(=O)C(=O)N/N=C/c1ccc(OC)c(OC)c1. The Morgan fingerprint density at radius 3 is 2.36 bits per heavy atom. The molecule has 0 spiro atoms. The Morgan fingerprint density at radius 2 is 1.82 bits per heavy atom. The van der Waals surface area contributed by atoms with Gasteiger partial charge in [0.05, 0.1) is 20.4 Å². The lowest BCUT2D eigenvalue weighted by atomic mass is 10.2. The Labute approximate surface area is 129 Å². The summed E-state index contributed by atoms with van der Waals surface area (Å²) in [6.45, 7) is 4.56. The number of benzene rings is 1. The average Bonchev–Trinajstić information content (AvgIpc) is 2.55. The molecule has 1 rings (SSSR count). The third-order valence-corrected chi connectivity index (χ3v) is 3.03. The standard InChI is InChI=1S/C15H21N3O4/c1-5-18(6-2)15(20)14(19)17-16-10-11-7-8-12(21-3)13(9-11)22-4/h7-10H,5-6H2,1-4H3,(H,17,19)/b16-10+. The van der Waals surface area contributed by atoms with Crippen LogP contribution in [0.3, 0.4) is 0 Å². The predicted octanol–water partition coefficient (Wildman–Crippen LogP) is 1.02. The van der Waals surface area contributed by atoms with E-state index in [2.05, 4.69) is 10.5 Å². The highest BCUT2D eigenvalue weighted by Gasteiger charge is 2.18. The Balaban J connectivity index is 2.69. The maximum atomic E-state index is 11.7. The molecule has 7 nitrogen and oxygen atoms in total. The zero-order chi connectivity index (χ0) is 16.5. The molecule has 1 aromatic carbocycles. The number of carbonyl (C=O) groups excluding carboxylic acids is 2. The number of ether oxygens (including phenoxy) is 2. The summed E-state index contributed by atoms with van der Waals surface area (Å²) in [5.74, 6) is -0.215. The van der Waals surface area contributed by atoms with Crippen LogP contribution in [0.4, 0.5) is 0 Å². The number of amides is 2. The van der Waals surface area contributed by atoms with Crippen molar-refractivity contribution in [1.29, 1.82) is 0 Å². The van der Waals surface area contributed by atoms with E-state index in [0.717, 1.165) is 0 Å². The maximum Gasteiger partial charge on any atom is 0.329 e. The Morgan fingerprint density at radius 1 is 1.18 bits per heavy atom. The zero-order valence-corrected chi connectivity index (χ0v) is 13.3. The number of hydrogen-bond acceptors (Lipinski definition) is 5. The molecule has 0 aliphatic carbocycles. The zero-order valence-electron chi connectivity index (χ0n) is 13.3. The molecule has 0 fully saturated rings. The summed E-state index contributed by atoms with van der Waals surface area (Å²) >= 11 is 0. The second kappa shape index (κ2) is 8.66. The summed E-state index contributed by atoms with van der Waals surface area (Å²) in [5.41, 5.74) is 2.92. The second-order valence-electron chi connectivity index (χ2n) is 4.29. The highest BCUT2D eigenvalue weighted by molar-refractivity contribution is 6.34. The van der Waals surface area contributed by atoms with Crippen molar-refractivity contribution >= 4 is 18.0 Å². The van der Waals surface area contributed by atoms with Gasteiger partial charge in [-0.3, -0.25) is 9.59 Å². The first kappa shape index (κ1) is 17.5. The lowest BCUT2D eigenvalue weighted by Crippen LogP contribution is -2.41. The normalized spacial score (nSPS) is 10.4. The van der Waals surface area contributed by atoms with Crippen LogP contribution in [0.15, 0.2) is 23.3 Å². The summed E-state index contributed by atoms with van der Waals surface area (Å²) in [7, 11) is 3.08. The molecule has 0 unspecified atom stereocenters. The van der Waals surface area contributed by atoms with Crippen LogP contribution in [-0.2, 0) is 9.59 Å². The highest BCUT2D eigenvalue weighted by atomic mass is 16.5. The molecule has 0 atom stereocenters. The summed E-state index contributed by atoms with van der Waals surface area (Å²) in [4.78, 5) is 24.8. The van der Waals surface area contributed by atoms with Crippen molar-refractivity contribution in [3.8, 4) is 11.5 Å². The summed E-state index contributed by atoms with van der Waals surface area (Å²) in [5, 5.41) is 3.78. The lowest BCUT2D eigenvalue weighted by molar-refractivity contribution is -0.145. The van der Waals surface area contributed by atoms with Crippen LogP contribution in [0.5, 0.6) is 11.5 Å². The third kappa shape index (κ3) is 4.47. The van der Waals surface area contributed by atoms with Gasteiger partial charge in [-0.2, -0.15) is 5.10 Å². The second-order valence-corrected chi connectivity index (χ2v) is 4.29. The van der Waals surface area contributed by atoms with Crippen LogP contribution in [-0.4, -0.2) is 50.2 Å². The fourth-order valence-electron chi connectivity index (χ4n) is 1.80. The monoisotopic (exact) mass is 307 g/mol. The van der Waals surface area contributed by atoms with Crippen molar-refractivity contribution in [3.63, 3.8) is 0 Å². The first-order chi connectivity index (χ1) is 10.6. The van der Waals surface area contributed by atoms with Gasteiger partial charge in [-0.25, -0.2) is 5.43 Å². The molecule has 0 aliphatic rings. The quantitative estimate of drug-likeness (QED) is 0.483. The Hall–Kier alpha value is -2.57. The molecule has 7 heteroatoms. The van der Waals surface area contributed by atoms with Crippen molar-refractivity contribution in [2.45, 2.75) is 13.8 Å². The van der Waals surface area contributed by atoms with E-state index < -0.39 is 11.8 Å². The van der Waals surface area contributed by atoms with Crippen LogP contribution < -0.4 is 14.9 Å². The van der Waals surface area contributed by atoms with Gasteiger partial charge in [0.1, 0.15) is 0 Å². The molecule has 0 aromatic heterocycles. The number of methoxy groups -OCH3 is 2. The summed E-state index contributed by atoms with van der Waals surface area (Å²) in [6.07, 6.45) is 1.43. The summed E-state index contributed by atoms with van der Waals surface area (Å²) < 4.78 is 10.3. The Bertz CT molecular complexity index is 554. The van der Waals surface area contributed by atoms with E-state index >= 15 is 0 Å². The van der Waals surface area contributed by atoms with Crippen molar-refractivity contribution in [1.82, 2.24) is 10.3 Å². The van der Waals surface area contributed by atoms with Crippen molar-refractivity contribution in [3.05, 3.63) is 23.8 Å². The van der Waals surface area contributed by atoms with Gasteiger partial charge in [-0.15, -0.1) is 0 Å². The first-order valence-electron chi connectivity index (χ1n) is 6.91. The van der Waals surface area contributed by atoms with Gasteiger partial charge in [-0.1, -0.05) is 0 Å². The van der Waals surface area contributed by atoms with Gasteiger partial charge in [0, 0.05) is 13.1 Å². The number of nitrogens with zero attached hydrogens (tertiary/aromatic N) is 2. The van der Waals surface area contributed by atoms with E-state index in [0.29, 0.717) is 30.2 Å². The smallest absolute Gasteiger partial charge is 0.329 e. The van der Waals surface area contributed by atoms with Gasteiger partial charge >= 0.3 is 11.8 Å². The molecule has 0 heterocycles. The van der Waals surface area contributed by atoms with Gasteiger partial charge in [0.2, 0.25) is 0 Å². The van der Waals surface area contributed by atoms with E-state index in [1.54, 1.807) is 25.3 Å². The molecular formula is C15H21N3O4. The maximum absolute atomic E-state index is 11.7. The topological polar surface area (TPSA) is 80.2 Å². The van der Waals surface area contributed by atoms with E-state index in [1.807, 2.05) is 13.8 Å². The molecule has 2 amide bonds. The minimum absolute atomic E-state index is 0.474. The van der Waals surface area contributed by atoms with Crippen LogP contribution in [0, 0.1) is 0 Å². The van der Waals surface area contributed by atoms with Crippen LogP contribution in [0.25, 0.3) is 0 Å². The predicted molar refractivity (Wildman–Crippen MR) is 83.2 cm³/mol. The third-order valence-electron chi connectivity index (χ3n) is 3.03. The van der Waals surface area contributed by atoms with Crippen molar-refractivity contribution < 1.29 is 19.1 Å². The first-order valence-corrected chi connectivity index (χ1v) is 6.91. The average molecular weight is 307 g/mol. The van der Waals surface area contributed by atoms with E-state index in [1.165, 1.54) is 18.2 Å². The molecule has 0 radical (unpaired) electrons. The fraction of sp³-hybridized carbons (Fsp3) is 0.400. The number of nitrogens with one attached hydrogen (secondary N) is 1. The fourth-order valence-corrected chi connectivity index (χ4v) is 1.80. The number of likely N-dealkylation sites (N-methyl/N-ethyl adjacent to an activating group) is 1. The lowest BCUT2D eigenvalue weighted by Gasteiger charge is -2.16. The van der Waals surface area contributed by atoms with Crippen LogP contribution in [0.2, 0.25) is 0 Å². The number of carbonyl (C=O) groups is 2. The molecule has 22 heavy (non-hydrogen) atoms. The van der Waals surface area contributed by atoms with E-state index in [9.17, 15) is 9.59 Å². The molecule has 120 valence electrons. The number of hydrazone groups is 1. The highest BCUT2D eigenvalue weighted by Crippen LogP contribution is 2.26. The van der Waals surface area contributed by atoms with Gasteiger partial charge < -0.3 is 14.4 Å². The number of hydrogen-bond donors (Lipinski definition) is 1. The van der Waals surface area contributed by atoms with Crippen molar-refractivity contribution in [2.24, 2.45) is 5.10 Å². The van der Waals surface area contributed by atoms with E-state index in [-0.39, 0.29) is 0 Å². The summed E-state index contributed by atoms with van der Waals surface area (Å²) in [6, 6.07) is 5.19. The van der Waals surface area contributed by atoms with Crippen molar-refractivity contribution in [2.75, 3.05) is 27.3 Å². The molecule has 0 bridgehead atoms.